The van der Waals surface area contributed by atoms with Crippen molar-refractivity contribution in [2.24, 2.45) is 11.8 Å². The van der Waals surface area contributed by atoms with Gasteiger partial charge in [-0.3, -0.25) is 4.79 Å². The Kier molecular flexibility index (Phi) is 5.74. The molecule has 1 saturated carbocycles. The molecule has 0 bridgehead atoms. The number of fused-ring (bicyclic) bond motifs is 1. The first kappa shape index (κ1) is 16.1. The summed E-state index contributed by atoms with van der Waals surface area (Å²) in [6.45, 7) is 4.24. The highest BCUT2D eigenvalue weighted by atomic mass is 35.5. The van der Waals surface area contributed by atoms with Crippen molar-refractivity contribution in [3.63, 3.8) is 0 Å². The van der Waals surface area contributed by atoms with Gasteiger partial charge in [-0.1, -0.05) is 26.2 Å². The maximum atomic E-state index is 12.7. The molecule has 1 amide bonds. The molecule has 4 heteroatoms. The van der Waals surface area contributed by atoms with Gasteiger partial charge in [-0.2, -0.15) is 0 Å². The molecule has 3 aliphatic rings. The molecule has 0 aromatic heterocycles. The third-order valence-corrected chi connectivity index (χ3v) is 5.57. The van der Waals surface area contributed by atoms with Crippen LogP contribution in [0.2, 0.25) is 0 Å². The first-order valence-corrected chi connectivity index (χ1v) is 8.32. The van der Waals surface area contributed by atoms with Crippen LogP contribution in [-0.2, 0) is 4.79 Å². The fraction of sp³-hybridized carbons (Fsp3) is 0.938. The van der Waals surface area contributed by atoms with Crippen LogP contribution in [0.5, 0.6) is 0 Å². The number of carbonyl (C=O) groups excluding carboxylic acids is 1. The second kappa shape index (κ2) is 7.13. The van der Waals surface area contributed by atoms with Crippen molar-refractivity contribution in [3.8, 4) is 0 Å². The van der Waals surface area contributed by atoms with Crippen LogP contribution in [0.15, 0.2) is 0 Å². The zero-order valence-electron chi connectivity index (χ0n) is 12.6. The van der Waals surface area contributed by atoms with Crippen LogP contribution in [-0.4, -0.2) is 36.0 Å². The van der Waals surface area contributed by atoms with Crippen LogP contribution in [0.1, 0.15) is 58.3 Å². The smallest absolute Gasteiger partial charge is 0.239 e. The fourth-order valence-electron chi connectivity index (χ4n) is 4.33. The summed E-state index contributed by atoms with van der Waals surface area (Å²) in [5.41, 5.74) is 0. The SMILES string of the molecule is CCC1CCCN(C(=O)C2CC3CCCCC3N2)C1.Cl. The molecule has 20 heavy (non-hydrogen) atoms. The lowest BCUT2D eigenvalue weighted by Gasteiger charge is -2.34. The Balaban J connectivity index is 0.00000147. The zero-order valence-corrected chi connectivity index (χ0v) is 13.5. The highest BCUT2D eigenvalue weighted by molar-refractivity contribution is 5.85. The van der Waals surface area contributed by atoms with Crippen LogP contribution in [0.4, 0.5) is 0 Å². The Morgan fingerprint density at radius 3 is 2.75 bits per heavy atom. The van der Waals surface area contributed by atoms with Crippen LogP contribution >= 0.6 is 12.4 Å². The van der Waals surface area contributed by atoms with Crippen molar-refractivity contribution in [2.45, 2.75) is 70.4 Å². The molecule has 0 spiro atoms. The van der Waals surface area contributed by atoms with Gasteiger partial charge in [-0.15, -0.1) is 12.4 Å². The predicted molar refractivity (Wildman–Crippen MR) is 84.1 cm³/mol. The lowest BCUT2D eigenvalue weighted by atomic mass is 9.85. The van der Waals surface area contributed by atoms with Gasteiger partial charge in [0.25, 0.3) is 0 Å². The number of likely N-dealkylation sites (tertiary alicyclic amines) is 1. The van der Waals surface area contributed by atoms with Gasteiger partial charge >= 0.3 is 0 Å². The summed E-state index contributed by atoms with van der Waals surface area (Å²) in [5, 5.41) is 3.63. The highest BCUT2D eigenvalue weighted by Gasteiger charge is 2.40. The number of hydrogen-bond acceptors (Lipinski definition) is 2. The van der Waals surface area contributed by atoms with E-state index in [1.54, 1.807) is 0 Å². The summed E-state index contributed by atoms with van der Waals surface area (Å²) in [6, 6.07) is 0.762. The molecule has 0 aromatic rings. The molecule has 3 rings (SSSR count). The number of nitrogens with zero attached hydrogens (tertiary/aromatic N) is 1. The summed E-state index contributed by atoms with van der Waals surface area (Å²) >= 11 is 0. The quantitative estimate of drug-likeness (QED) is 0.850. The first-order chi connectivity index (χ1) is 9.28. The Morgan fingerprint density at radius 1 is 1.20 bits per heavy atom. The van der Waals surface area contributed by atoms with Crippen molar-refractivity contribution >= 4 is 18.3 Å². The van der Waals surface area contributed by atoms with E-state index in [0.717, 1.165) is 31.3 Å². The molecule has 1 N–H and O–H groups in total. The number of halogens is 1. The van der Waals surface area contributed by atoms with E-state index in [1.807, 2.05) is 0 Å². The van der Waals surface area contributed by atoms with Gasteiger partial charge in [0, 0.05) is 19.1 Å². The van der Waals surface area contributed by atoms with E-state index in [4.69, 9.17) is 0 Å². The minimum absolute atomic E-state index is 0. The largest absolute Gasteiger partial charge is 0.341 e. The average molecular weight is 301 g/mol. The van der Waals surface area contributed by atoms with Gasteiger partial charge in [0.1, 0.15) is 0 Å². The standard InChI is InChI=1S/C16H28N2O.ClH/c1-2-12-6-5-9-18(11-12)16(19)15-10-13-7-3-4-8-14(13)17-15;/h12-15,17H,2-11H2,1H3;1H. The fourth-order valence-corrected chi connectivity index (χ4v) is 4.33. The molecule has 2 saturated heterocycles. The molecule has 3 nitrogen and oxygen atoms in total. The van der Waals surface area contributed by atoms with Gasteiger partial charge in [0.15, 0.2) is 0 Å². The van der Waals surface area contributed by atoms with Gasteiger partial charge in [-0.05, 0) is 43.9 Å². The summed E-state index contributed by atoms with van der Waals surface area (Å²) in [5.74, 6) is 1.91. The molecular formula is C16H29ClN2O. The van der Waals surface area contributed by atoms with Crippen LogP contribution < -0.4 is 5.32 Å². The zero-order chi connectivity index (χ0) is 13.2. The van der Waals surface area contributed by atoms with Gasteiger partial charge < -0.3 is 10.2 Å². The van der Waals surface area contributed by atoms with Crippen LogP contribution in [0.25, 0.3) is 0 Å². The molecular weight excluding hydrogens is 272 g/mol. The maximum absolute atomic E-state index is 12.7. The second-order valence-corrected chi connectivity index (χ2v) is 6.81. The monoisotopic (exact) mass is 300 g/mol. The topological polar surface area (TPSA) is 32.3 Å². The number of piperidine rings is 1. The summed E-state index contributed by atoms with van der Waals surface area (Å²) in [7, 11) is 0. The van der Waals surface area contributed by atoms with E-state index in [2.05, 4.69) is 17.1 Å². The molecule has 0 aromatic carbocycles. The Morgan fingerprint density at radius 2 is 2.00 bits per heavy atom. The van der Waals surface area contributed by atoms with E-state index >= 15 is 0 Å². The van der Waals surface area contributed by atoms with Gasteiger partial charge in [0.05, 0.1) is 6.04 Å². The van der Waals surface area contributed by atoms with Crippen molar-refractivity contribution in [3.05, 3.63) is 0 Å². The van der Waals surface area contributed by atoms with Crippen molar-refractivity contribution in [1.29, 1.82) is 0 Å². The number of amides is 1. The Hall–Kier alpha value is -0.280. The number of rotatable bonds is 2. The third-order valence-electron chi connectivity index (χ3n) is 5.57. The first-order valence-electron chi connectivity index (χ1n) is 8.32. The van der Waals surface area contributed by atoms with Gasteiger partial charge in [0.2, 0.25) is 5.91 Å². The minimum Gasteiger partial charge on any atom is -0.341 e. The maximum Gasteiger partial charge on any atom is 0.239 e. The minimum atomic E-state index is 0. The van der Waals surface area contributed by atoms with E-state index < -0.39 is 0 Å². The van der Waals surface area contributed by atoms with Gasteiger partial charge in [-0.25, -0.2) is 0 Å². The molecule has 2 aliphatic heterocycles. The molecule has 1 aliphatic carbocycles. The average Bonchev–Trinajstić information content (AvgIpc) is 2.90. The molecule has 3 fully saturated rings. The summed E-state index contributed by atoms with van der Waals surface area (Å²) in [6.07, 6.45) is 10.1. The van der Waals surface area contributed by atoms with E-state index in [0.29, 0.717) is 11.9 Å². The summed E-state index contributed by atoms with van der Waals surface area (Å²) < 4.78 is 0. The second-order valence-electron chi connectivity index (χ2n) is 6.81. The van der Waals surface area contributed by atoms with Crippen LogP contribution in [0.3, 0.4) is 0 Å². The number of nitrogens with one attached hydrogen (secondary N) is 1. The molecule has 0 radical (unpaired) electrons. The molecule has 2 heterocycles. The number of hydrogen-bond donors (Lipinski definition) is 1. The predicted octanol–water partition coefficient (Wildman–Crippen LogP) is 2.98. The van der Waals surface area contributed by atoms with Crippen LogP contribution in [0, 0.1) is 11.8 Å². The molecule has 116 valence electrons. The lowest BCUT2D eigenvalue weighted by molar-refractivity contribution is -0.135. The van der Waals surface area contributed by atoms with E-state index in [-0.39, 0.29) is 18.4 Å². The lowest BCUT2D eigenvalue weighted by Crippen LogP contribution is -2.48. The molecule has 4 atom stereocenters. The Labute approximate surface area is 129 Å². The number of carbonyl (C=O) groups is 1. The normalized spacial score (nSPS) is 37.1. The van der Waals surface area contributed by atoms with Crippen molar-refractivity contribution in [1.82, 2.24) is 10.2 Å². The van der Waals surface area contributed by atoms with Crippen molar-refractivity contribution in [2.75, 3.05) is 13.1 Å². The Bertz CT molecular complexity index is 322. The molecule has 4 unspecified atom stereocenters. The van der Waals surface area contributed by atoms with E-state index in [9.17, 15) is 4.79 Å². The third kappa shape index (κ3) is 3.30. The van der Waals surface area contributed by atoms with E-state index in [1.165, 1.54) is 44.9 Å². The highest BCUT2D eigenvalue weighted by Crippen LogP contribution is 2.34. The van der Waals surface area contributed by atoms with Crippen molar-refractivity contribution < 1.29 is 4.79 Å². The summed E-state index contributed by atoms with van der Waals surface area (Å²) in [4.78, 5) is 14.8.